The molecule has 0 aliphatic heterocycles. The van der Waals surface area contributed by atoms with Gasteiger partial charge in [0.05, 0.1) is 0 Å². The van der Waals surface area contributed by atoms with Crippen LogP contribution >= 0.6 is 12.2 Å². The van der Waals surface area contributed by atoms with Crippen molar-refractivity contribution in [3.05, 3.63) is 23.8 Å². The molecule has 0 heterocycles. The zero-order valence-electron chi connectivity index (χ0n) is 11.2. The predicted octanol–water partition coefficient (Wildman–Crippen LogP) is 2.65. The van der Waals surface area contributed by atoms with Gasteiger partial charge in [-0.2, -0.15) is 0 Å². The maximum absolute atomic E-state index is 11.8. The van der Waals surface area contributed by atoms with Gasteiger partial charge < -0.3 is 16.0 Å². The number of anilines is 2. The van der Waals surface area contributed by atoms with Gasteiger partial charge in [-0.3, -0.25) is 4.79 Å². The van der Waals surface area contributed by atoms with E-state index >= 15 is 0 Å². The Balaban J connectivity index is 2.05. The van der Waals surface area contributed by atoms with Crippen LogP contribution in [0.5, 0.6) is 0 Å². The molecule has 0 spiro atoms. The standard InChI is InChI=1S/C14H19N3OS/c1-3-15-14(19)16-11-7-4-9(2)12(8-11)17-13(18)10-5-6-10/h4,7-8,10H,3,5-6H2,1-2H3,(H,17,18)(H2,15,16,19). The summed E-state index contributed by atoms with van der Waals surface area (Å²) in [6, 6.07) is 5.84. The molecule has 102 valence electrons. The molecule has 0 atom stereocenters. The lowest BCUT2D eigenvalue weighted by molar-refractivity contribution is -0.117. The van der Waals surface area contributed by atoms with Gasteiger partial charge in [0.25, 0.3) is 0 Å². The normalized spacial score (nSPS) is 13.8. The van der Waals surface area contributed by atoms with Crippen LogP contribution in [-0.4, -0.2) is 17.6 Å². The first-order chi connectivity index (χ1) is 9.10. The van der Waals surface area contributed by atoms with Crippen molar-refractivity contribution < 1.29 is 4.79 Å². The van der Waals surface area contributed by atoms with Crippen molar-refractivity contribution >= 4 is 34.6 Å². The molecule has 0 aromatic heterocycles. The first-order valence-corrected chi connectivity index (χ1v) is 6.97. The maximum atomic E-state index is 11.8. The maximum Gasteiger partial charge on any atom is 0.227 e. The fourth-order valence-corrected chi connectivity index (χ4v) is 2.01. The second-order valence-electron chi connectivity index (χ2n) is 4.78. The summed E-state index contributed by atoms with van der Waals surface area (Å²) in [5.74, 6) is 0.327. The van der Waals surface area contributed by atoms with Crippen molar-refractivity contribution in [2.75, 3.05) is 17.2 Å². The number of aryl methyl sites for hydroxylation is 1. The summed E-state index contributed by atoms with van der Waals surface area (Å²) in [7, 11) is 0. The summed E-state index contributed by atoms with van der Waals surface area (Å²) in [6.07, 6.45) is 2.01. The highest BCUT2D eigenvalue weighted by molar-refractivity contribution is 7.80. The number of rotatable bonds is 4. The van der Waals surface area contributed by atoms with Gasteiger partial charge in [0, 0.05) is 23.8 Å². The van der Waals surface area contributed by atoms with E-state index in [9.17, 15) is 4.79 Å². The fourth-order valence-electron chi connectivity index (χ4n) is 1.75. The van der Waals surface area contributed by atoms with E-state index in [2.05, 4.69) is 16.0 Å². The fraction of sp³-hybridized carbons (Fsp3) is 0.429. The van der Waals surface area contributed by atoms with Crippen molar-refractivity contribution in [1.82, 2.24) is 5.32 Å². The number of carbonyl (C=O) groups is 1. The molecule has 1 aliphatic carbocycles. The topological polar surface area (TPSA) is 53.2 Å². The largest absolute Gasteiger partial charge is 0.363 e. The summed E-state index contributed by atoms with van der Waals surface area (Å²) >= 11 is 5.14. The highest BCUT2D eigenvalue weighted by Gasteiger charge is 2.29. The van der Waals surface area contributed by atoms with Crippen molar-refractivity contribution in [3.63, 3.8) is 0 Å². The Labute approximate surface area is 119 Å². The molecule has 1 amide bonds. The lowest BCUT2D eigenvalue weighted by atomic mass is 10.1. The molecule has 1 aromatic rings. The Morgan fingerprint density at radius 2 is 2.11 bits per heavy atom. The van der Waals surface area contributed by atoms with Crippen LogP contribution < -0.4 is 16.0 Å². The molecule has 1 fully saturated rings. The van der Waals surface area contributed by atoms with E-state index in [0.717, 1.165) is 36.3 Å². The smallest absolute Gasteiger partial charge is 0.227 e. The Morgan fingerprint density at radius 1 is 1.37 bits per heavy atom. The molecule has 0 bridgehead atoms. The van der Waals surface area contributed by atoms with Gasteiger partial charge in [-0.1, -0.05) is 6.07 Å². The molecular formula is C14H19N3OS. The molecule has 0 unspecified atom stereocenters. The number of thiocarbonyl (C=S) groups is 1. The van der Waals surface area contributed by atoms with Crippen LogP contribution in [0.4, 0.5) is 11.4 Å². The van der Waals surface area contributed by atoms with Gasteiger partial charge in [-0.25, -0.2) is 0 Å². The first-order valence-electron chi connectivity index (χ1n) is 6.56. The number of hydrogen-bond donors (Lipinski definition) is 3. The van der Waals surface area contributed by atoms with Crippen LogP contribution in [0, 0.1) is 12.8 Å². The van der Waals surface area contributed by atoms with Crippen LogP contribution in [0.2, 0.25) is 0 Å². The minimum Gasteiger partial charge on any atom is -0.363 e. The number of benzene rings is 1. The van der Waals surface area contributed by atoms with Gasteiger partial charge in [-0.05, 0) is 56.6 Å². The molecular weight excluding hydrogens is 258 g/mol. The lowest BCUT2D eigenvalue weighted by Crippen LogP contribution is -2.28. The Morgan fingerprint density at radius 3 is 2.74 bits per heavy atom. The molecule has 1 aliphatic rings. The Bertz CT molecular complexity index is 497. The molecule has 1 saturated carbocycles. The predicted molar refractivity (Wildman–Crippen MR) is 82.4 cm³/mol. The van der Waals surface area contributed by atoms with Crippen molar-refractivity contribution in [2.45, 2.75) is 26.7 Å². The molecule has 5 heteroatoms. The van der Waals surface area contributed by atoms with E-state index in [4.69, 9.17) is 12.2 Å². The molecule has 4 nitrogen and oxygen atoms in total. The summed E-state index contributed by atoms with van der Waals surface area (Å²) in [5.41, 5.74) is 2.78. The lowest BCUT2D eigenvalue weighted by Gasteiger charge is -2.13. The van der Waals surface area contributed by atoms with E-state index in [1.165, 1.54) is 0 Å². The average molecular weight is 277 g/mol. The number of nitrogens with one attached hydrogen (secondary N) is 3. The van der Waals surface area contributed by atoms with Gasteiger partial charge in [0.2, 0.25) is 5.91 Å². The highest BCUT2D eigenvalue weighted by Crippen LogP contribution is 2.31. The zero-order chi connectivity index (χ0) is 13.8. The van der Waals surface area contributed by atoms with E-state index in [-0.39, 0.29) is 11.8 Å². The molecule has 19 heavy (non-hydrogen) atoms. The summed E-state index contributed by atoms with van der Waals surface area (Å²) in [5, 5.41) is 9.69. The molecule has 0 radical (unpaired) electrons. The molecule has 1 aromatic carbocycles. The molecule has 3 N–H and O–H groups in total. The summed E-state index contributed by atoms with van der Waals surface area (Å²) < 4.78 is 0. The van der Waals surface area contributed by atoms with E-state index in [1.807, 2.05) is 32.0 Å². The quantitative estimate of drug-likeness (QED) is 0.741. The van der Waals surface area contributed by atoms with Gasteiger partial charge in [0.15, 0.2) is 5.11 Å². The van der Waals surface area contributed by atoms with E-state index in [1.54, 1.807) is 0 Å². The van der Waals surface area contributed by atoms with Gasteiger partial charge in [-0.15, -0.1) is 0 Å². The van der Waals surface area contributed by atoms with Crippen LogP contribution in [0.1, 0.15) is 25.3 Å². The second-order valence-corrected chi connectivity index (χ2v) is 5.19. The number of carbonyl (C=O) groups excluding carboxylic acids is 1. The third-order valence-corrected chi connectivity index (χ3v) is 3.29. The van der Waals surface area contributed by atoms with Crippen LogP contribution in [0.3, 0.4) is 0 Å². The first kappa shape index (κ1) is 13.8. The van der Waals surface area contributed by atoms with Gasteiger partial charge >= 0.3 is 0 Å². The van der Waals surface area contributed by atoms with E-state index in [0.29, 0.717) is 5.11 Å². The summed E-state index contributed by atoms with van der Waals surface area (Å²) in [4.78, 5) is 11.8. The van der Waals surface area contributed by atoms with Crippen LogP contribution in [0.15, 0.2) is 18.2 Å². The SMILES string of the molecule is CCNC(=S)Nc1ccc(C)c(NC(=O)C2CC2)c1. The highest BCUT2D eigenvalue weighted by atomic mass is 32.1. The Kier molecular flexibility index (Phi) is 4.37. The molecule has 0 saturated heterocycles. The average Bonchev–Trinajstić information content (AvgIpc) is 3.17. The summed E-state index contributed by atoms with van der Waals surface area (Å²) in [6.45, 7) is 4.75. The third-order valence-electron chi connectivity index (χ3n) is 3.04. The molecule has 2 rings (SSSR count). The zero-order valence-corrected chi connectivity index (χ0v) is 12.1. The minimum atomic E-state index is 0.120. The van der Waals surface area contributed by atoms with Crippen molar-refractivity contribution in [1.29, 1.82) is 0 Å². The van der Waals surface area contributed by atoms with Crippen molar-refractivity contribution in [2.24, 2.45) is 5.92 Å². The van der Waals surface area contributed by atoms with Crippen LogP contribution in [0.25, 0.3) is 0 Å². The number of amides is 1. The Hall–Kier alpha value is -1.62. The van der Waals surface area contributed by atoms with Crippen LogP contribution in [-0.2, 0) is 4.79 Å². The minimum absolute atomic E-state index is 0.120. The van der Waals surface area contributed by atoms with Crippen molar-refractivity contribution in [3.8, 4) is 0 Å². The number of hydrogen-bond acceptors (Lipinski definition) is 2. The van der Waals surface area contributed by atoms with E-state index < -0.39 is 0 Å². The van der Waals surface area contributed by atoms with Gasteiger partial charge in [0.1, 0.15) is 0 Å². The monoisotopic (exact) mass is 277 g/mol. The second kappa shape index (κ2) is 6.02. The third kappa shape index (κ3) is 3.92.